The van der Waals surface area contributed by atoms with E-state index in [0.717, 1.165) is 4.31 Å². The zero-order chi connectivity index (χ0) is 30.2. The number of ether oxygens (including phenoxy) is 1. The number of fused-ring (bicyclic) bond motifs is 1. The topological polar surface area (TPSA) is 153 Å². The summed E-state index contributed by atoms with van der Waals surface area (Å²) in [6.45, 7) is 5.09. The van der Waals surface area contributed by atoms with Gasteiger partial charge in [-0.05, 0) is 63.9 Å². The number of rotatable bonds is 7. The molecule has 1 aliphatic rings. The van der Waals surface area contributed by atoms with Crippen molar-refractivity contribution in [1.29, 1.82) is 5.26 Å². The molecule has 0 saturated carbocycles. The zero-order valence-corrected chi connectivity index (χ0v) is 24.5. The number of sulfonamides is 1. The van der Waals surface area contributed by atoms with E-state index in [1.165, 1.54) is 42.0 Å². The lowest BCUT2D eigenvalue weighted by Crippen LogP contribution is -2.57. The summed E-state index contributed by atoms with van der Waals surface area (Å²) in [5.74, 6) is 0.142. The molecule has 220 valence electrons. The molecule has 41 heavy (non-hydrogen) atoms. The van der Waals surface area contributed by atoms with Gasteiger partial charge in [0.05, 0.1) is 28.6 Å². The van der Waals surface area contributed by atoms with Crippen molar-refractivity contribution in [1.82, 2.24) is 24.0 Å². The lowest BCUT2D eigenvalue weighted by molar-refractivity contribution is -0.0203. The van der Waals surface area contributed by atoms with Crippen LogP contribution >= 0.6 is 0 Å². The Kier molecular flexibility index (Phi) is 8.15. The Labute approximate surface area is 237 Å². The third-order valence-corrected chi connectivity index (χ3v) is 8.85. The Morgan fingerprint density at radius 2 is 1.98 bits per heavy atom. The first-order chi connectivity index (χ1) is 19.2. The molecule has 12 nitrogen and oxygen atoms in total. The fourth-order valence-corrected chi connectivity index (χ4v) is 5.79. The molecule has 3 heterocycles. The molecule has 2 N–H and O–H groups in total. The number of amides is 1. The predicted octanol–water partition coefficient (Wildman–Crippen LogP) is 3.70. The van der Waals surface area contributed by atoms with Crippen molar-refractivity contribution in [2.45, 2.75) is 62.2 Å². The van der Waals surface area contributed by atoms with Gasteiger partial charge in [0.25, 0.3) is 5.56 Å². The molecule has 1 amide bonds. The fraction of sp³-hybridized carbons (Fsp3) is 0.481. The number of nitrogens with one attached hydrogen (secondary N) is 2. The van der Waals surface area contributed by atoms with E-state index in [2.05, 4.69) is 21.5 Å². The third-order valence-electron chi connectivity index (χ3n) is 7.02. The number of nitrogens with zero attached hydrogens (tertiary/aromatic N) is 5. The van der Waals surface area contributed by atoms with Gasteiger partial charge >= 0.3 is 6.09 Å². The lowest BCUT2D eigenvalue weighted by Gasteiger charge is -2.44. The molecule has 1 aliphatic heterocycles. The second kappa shape index (κ2) is 11.1. The van der Waals surface area contributed by atoms with Crippen LogP contribution in [0.2, 0.25) is 0 Å². The van der Waals surface area contributed by atoms with Crippen molar-refractivity contribution < 1.29 is 22.3 Å². The van der Waals surface area contributed by atoms with Gasteiger partial charge in [-0.25, -0.2) is 21.9 Å². The van der Waals surface area contributed by atoms with Gasteiger partial charge in [-0.1, -0.05) is 0 Å². The summed E-state index contributed by atoms with van der Waals surface area (Å²) in [7, 11) is -0.766. The summed E-state index contributed by atoms with van der Waals surface area (Å²) in [5, 5.41) is 17.3. The van der Waals surface area contributed by atoms with Crippen LogP contribution in [0.15, 0.2) is 46.2 Å². The Morgan fingerprint density at radius 3 is 2.56 bits per heavy atom. The maximum Gasteiger partial charge on any atom is 0.410 e. The van der Waals surface area contributed by atoms with E-state index >= 15 is 4.39 Å². The monoisotopic (exact) mass is 587 g/mol. The highest BCUT2D eigenvalue weighted by Gasteiger charge is 2.48. The highest BCUT2D eigenvalue weighted by Crippen LogP contribution is 2.40. The summed E-state index contributed by atoms with van der Waals surface area (Å²) in [6, 6.07) is 9.64. The van der Waals surface area contributed by atoms with Crippen LogP contribution in [0, 0.1) is 11.3 Å². The van der Waals surface area contributed by atoms with Crippen molar-refractivity contribution in [2.75, 3.05) is 32.5 Å². The zero-order valence-electron chi connectivity index (χ0n) is 23.6. The van der Waals surface area contributed by atoms with Crippen LogP contribution in [0.3, 0.4) is 0 Å². The van der Waals surface area contributed by atoms with Crippen LogP contribution in [0.1, 0.15) is 40.0 Å². The number of likely N-dealkylation sites (tertiary alicyclic amines) is 1. The third kappa shape index (κ3) is 5.91. The van der Waals surface area contributed by atoms with E-state index in [9.17, 15) is 23.3 Å². The molecule has 2 atom stereocenters. The van der Waals surface area contributed by atoms with Gasteiger partial charge in [-0.15, -0.1) is 0 Å². The van der Waals surface area contributed by atoms with E-state index in [-0.39, 0.29) is 48.5 Å². The second-order valence-corrected chi connectivity index (χ2v) is 13.3. The lowest BCUT2D eigenvalue weighted by atomic mass is 9.81. The number of carbonyl (C=O) groups excluding carboxylic acids is 1. The van der Waals surface area contributed by atoms with Gasteiger partial charge in [0.2, 0.25) is 10.0 Å². The molecule has 0 bridgehead atoms. The van der Waals surface area contributed by atoms with Crippen molar-refractivity contribution in [3.05, 3.63) is 46.9 Å². The van der Waals surface area contributed by atoms with Crippen LogP contribution in [0.4, 0.5) is 20.7 Å². The number of pyridine rings is 1. The molecule has 1 aromatic carbocycles. The molecule has 0 radical (unpaired) electrons. The standard InChI is InChI=1S/C27H34FN7O5S/c1-26(2,3)40-25(37)34-16-13-27(12-6-14-29,21(28)17-34)35-20-11-15-30-24(36)22(20)23(32-35)31-18-7-9-19(10-8-18)41(38,39)33(4)5/h7-11,15,21H,6,12-13,16-17H2,1-5H3,(H,30,36)(H,31,32)/t21-,27+/m1/s1. The first kappa shape index (κ1) is 30.0. The number of nitriles is 1. The molecule has 0 spiro atoms. The number of piperidine rings is 1. The van der Waals surface area contributed by atoms with Crippen LogP contribution in [0.25, 0.3) is 10.9 Å². The molecule has 0 unspecified atom stereocenters. The number of hydrogen-bond donors (Lipinski definition) is 2. The number of hydrogen-bond acceptors (Lipinski definition) is 8. The molecule has 1 fully saturated rings. The van der Waals surface area contributed by atoms with Gasteiger partial charge in [0.1, 0.15) is 17.2 Å². The molecular formula is C27H34FN7O5S. The number of H-pyrrole nitrogens is 1. The number of alkyl halides is 1. The Bertz CT molecular complexity index is 1640. The van der Waals surface area contributed by atoms with Gasteiger partial charge < -0.3 is 19.9 Å². The van der Waals surface area contributed by atoms with Crippen molar-refractivity contribution in [3.8, 4) is 6.07 Å². The number of halogens is 1. The summed E-state index contributed by atoms with van der Waals surface area (Å²) in [5.41, 5.74) is -1.70. The number of aromatic nitrogens is 3. The van der Waals surface area contributed by atoms with E-state index in [1.807, 2.05) is 0 Å². The van der Waals surface area contributed by atoms with Crippen LogP contribution < -0.4 is 10.9 Å². The Morgan fingerprint density at radius 1 is 1.29 bits per heavy atom. The summed E-state index contributed by atoms with van der Waals surface area (Å²) < 4.78 is 49.1. The minimum absolute atomic E-state index is 0.0297. The van der Waals surface area contributed by atoms with Crippen molar-refractivity contribution in [2.24, 2.45) is 0 Å². The van der Waals surface area contributed by atoms with Crippen LogP contribution in [0.5, 0.6) is 0 Å². The average molecular weight is 588 g/mol. The van der Waals surface area contributed by atoms with E-state index in [0.29, 0.717) is 11.2 Å². The summed E-state index contributed by atoms with van der Waals surface area (Å²) in [4.78, 5) is 29.7. The maximum absolute atomic E-state index is 16.3. The fourth-order valence-electron chi connectivity index (χ4n) is 4.89. The van der Waals surface area contributed by atoms with Gasteiger partial charge in [-0.3, -0.25) is 9.48 Å². The quantitative estimate of drug-likeness (QED) is 0.424. The molecule has 4 rings (SSSR count). The normalized spacial score (nSPS) is 19.8. The highest BCUT2D eigenvalue weighted by atomic mass is 32.2. The summed E-state index contributed by atoms with van der Waals surface area (Å²) in [6.07, 6.45) is -0.542. The highest BCUT2D eigenvalue weighted by molar-refractivity contribution is 7.89. The SMILES string of the molecule is CN(C)S(=O)(=O)c1ccc(Nc2nn([C@@]3(CCC#N)CCN(C(=O)OC(C)(C)C)C[C@H]3F)c3cc[nH]c(=O)c23)cc1. The molecule has 2 aromatic heterocycles. The first-order valence-electron chi connectivity index (χ1n) is 13.1. The summed E-state index contributed by atoms with van der Waals surface area (Å²) >= 11 is 0. The van der Waals surface area contributed by atoms with E-state index in [4.69, 9.17) is 4.74 Å². The van der Waals surface area contributed by atoms with Crippen molar-refractivity contribution in [3.63, 3.8) is 0 Å². The van der Waals surface area contributed by atoms with Gasteiger partial charge in [0, 0.05) is 38.9 Å². The maximum atomic E-state index is 16.3. The first-order valence-corrected chi connectivity index (χ1v) is 14.5. The van der Waals surface area contributed by atoms with Gasteiger partial charge in [-0.2, -0.15) is 10.4 Å². The number of carbonyl (C=O) groups is 1. The van der Waals surface area contributed by atoms with E-state index < -0.39 is 39.0 Å². The minimum atomic E-state index is -3.64. The molecule has 14 heteroatoms. The molecule has 1 saturated heterocycles. The van der Waals surface area contributed by atoms with E-state index in [1.54, 1.807) is 39.0 Å². The largest absolute Gasteiger partial charge is 0.444 e. The molecule has 0 aliphatic carbocycles. The second-order valence-electron chi connectivity index (χ2n) is 11.2. The van der Waals surface area contributed by atoms with Crippen LogP contribution in [-0.4, -0.2) is 77.4 Å². The van der Waals surface area contributed by atoms with Crippen molar-refractivity contribution >= 4 is 38.5 Å². The average Bonchev–Trinajstić information content (AvgIpc) is 3.27. The van der Waals surface area contributed by atoms with Crippen LogP contribution in [-0.2, 0) is 20.3 Å². The molecule has 3 aromatic rings. The molecular weight excluding hydrogens is 553 g/mol. The van der Waals surface area contributed by atoms with Gasteiger partial charge in [0.15, 0.2) is 5.82 Å². The number of aromatic amines is 1. The Balaban J connectivity index is 1.74. The smallest absolute Gasteiger partial charge is 0.410 e. The predicted molar refractivity (Wildman–Crippen MR) is 151 cm³/mol. The number of benzene rings is 1. The Hall–Kier alpha value is -3.96. The number of anilines is 2. The minimum Gasteiger partial charge on any atom is -0.444 e.